The van der Waals surface area contributed by atoms with E-state index in [1.807, 2.05) is 0 Å². The molecule has 0 aliphatic heterocycles. The fourth-order valence-corrected chi connectivity index (χ4v) is 3.04. The van der Waals surface area contributed by atoms with E-state index in [-0.39, 0.29) is 45.2 Å². The molecule has 28 heavy (non-hydrogen) atoms. The van der Waals surface area contributed by atoms with E-state index in [0.717, 1.165) is 36.4 Å². The number of rotatable bonds is 5. The van der Waals surface area contributed by atoms with Crippen molar-refractivity contribution in [3.63, 3.8) is 0 Å². The van der Waals surface area contributed by atoms with Crippen LogP contribution in [0.15, 0.2) is 56.7 Å². The first-order valence-corrected chi connectivity index (χ1v) is 9.26. The predicted octanol–water partition coefficient (Wildman–Crippen LogP) is 0.598. The zero-order valence-electron chi connectivity index (χ0n) is 14.1. The second kappa shape index (κ2) is 9.88. The monoisotopic (exact) mass is 489 g/mol. The predicted molar refractivity (Wildman–Crippen MR) is 91.7 cm³/mol. The zero-order chi connectivity index (χ0) is 20.2. The van der Waals surface area contributed by atoms with Gasteiger partial charge in [-0.15, -0.1) is 13.2 Å². The van der Waals surface area contributed by atoms with Crippen LogP contribution in [0.3, 0.4) is 0 Å². The molecule has 0 radical (unpaired) electrons. The Hall–Kier alpha value is -1.40. The summed E-state index contributed by atoms with van der Waals surface area (Å²) in [4.78, 5) is 0. The molecular formula is C16H9BrF4NNaO4S. The van der Waals surface area contributed by atoms with Gasteiger partial charge in [0.2, 0.25) is 0 Å². The summed E-state index contributed by atoms with van der Waals surface area (Å²) in [6.45, 7) is 0. The summed E-state index contributed by atoms with van der Waals surface area (Å²) < 4.78 is 79.8. The molecule has 2 aromatic carbocycles. The second-order valence-electron chi connectivity index (χ2n) is 4.96. The third-order valence-electron chi connectivity index (χ3n) is 2.92. The van der Waals surface area contributed by atoms with Gasteiger partial charge in [-0.1, -0.05) is 28.1 Å². The van der Waals surface area contributed by atoms with Crippen LogP contribution in [0.5, 0.6) is 5.75 Å². The van der Waals surface area contributed by atoms with E-state index in [1.165, 1.54) is 12.1 Å². The SMILES string of the molecule is O=S(=O)(/C=C/c1ccc(OC(F)(F)F)cc1)/N=C(\[O-])c1ccc(F)cc1Br.[Na+]. The number of alkyl halides is 3. The number of halogens is 5. The van der Waals surface area contributed by atoms with Crippen LogP contribution in [0.2, 0.25) is 0 Å². The van der Waals surface area contributed by atoms with Crippen molar-refractivity contribution in [2.24, 2.45) is 4.40 Å². The maximum absolute atomic E-state index is 13.0. The van der Waals surface area contributed by atoms with Crippen LogP contribution in [0.1, 0.15) is 11.1 Å². The van der Waals surface area contributed by atoms with Gasteiger partial charge < -0.3 is 9.84 Å². The number of benzene rings is 2. The van der Waals surface area contributed by atoms with Crippen molar-refractivity contribution >= 4 is 37.9 Å². The summed E-state index contributed by atoms with van der Waals surface area (Å²) in [5, 5.41) is 12.5. The van der Waals surface area contributed by atoms with Gasteiger partial charge in [-0.2, -0.15) is 12.8 Å². The van der Waals surface area contributed by atoms with Gasteiger partial charge in [0.1, 0.15) is 11.6 Å². The molecule has 144 valence electrons. The molecule has 0 N–H and O–H groups in total. The van der Waals surface area contributed by atoms with Gasteiger partial charge in [-0.25, -0.2) is 4.39 Å². The maximum Gasteiger partial charge on any atom is 1.00 e. The summed E-state index contributed by atoms with van der Waals surface area (Å²) in [6.07, 6.45) is -3.79. The molecule has 0 bridgehead atoms. The molecule has 5 nitrogen and oxygen atoms in total. The Bertz CT molecular complexity index is 993. The van der Waals surface area contributed by atoms with Gasteiger partial charge in [-0.05, 0) is 42.0 Å². The minimum Gasteiger partial charge on any atom is -0.858 e. The Morgan fingerprint density at radius 3 is 2.29 bits per heavy atom. The fourth-order valence-electron chi connectivity index (χ4n) is 1.80. The molecule has 0 amide bonds. The number of hydrogen-bond donors (Lipinski definition) is 0. The zero-order valence-corrected chi connectivity index (χ0v) is 18.5. The van der Waals surface area contributed by atoms with Gasteiger partial charge in [0.05, 0.1) is 5.41 Å². The van der Waals surface area contributed by atoms with Gasteiger partial charge in [0, 0.05) is 15.9 Å². The van der Waals surface area contributed by atoms with Gasteiger partial charge in [0.15, 0.2) is 0 Å². The van der Waals surface area contributed by atoms with Crippen molar-refractivity contribution in [2.75, 3.05) is 0 Å². The van der Waals surface area contributed by atoms with E-state index in [4.69, 9.17) is 0 Å². The van der Waals surface area contributed by atoms with E-state index in [1.54, 1.807) is 0 Å². The maximum atomic E-state index is 13.0. The smallest absolute Gasteiger partial charge is 0.858 e. The van der Waals surface area contributed by atoms with Crippen LogP contribution < -0.4 is 39.4 Å². The van der Waals surface area contributed by atoms with Crippen molar-refractivity contribution < 1.29 is 65.4 Å². The first-order chi connectivity index (χ1) is 12.5. The summed E-state index contributed by atoms with van der Waals surface area (Å²) in [7, 11) is -4.32. The molecule has 0 aliphatic carbocycles. The fraction of sp³-hybridized carbons (Fsp3) is 0.0625. The topological polar surface area (TPSA) is 78.8 Å². The standard InChI is InChI=1S/C16H10BrF4NO4S.Na/c17-14-9-11(18)3-6-13(14)15(23)22-27(24,25)8-7-10-1-4-12(5-2-10)26-16(19,20)21;/h1-9H,(H,22,23);/q;+1/p-1/b8-7+;. The third kappa shape index (κ3) is 7.92. The molecular weight excluding hydrogens is 481 g/mol. The molecule has 0 unspecified atom stereocenters. The minimum atomic E-state index is -4.84. The minimum absolute atomic E-state index is 0. The van der Waals surface area contributed by atoms with E-state index >= 15 is 0 Å². The molecule has 0 fully saturated rings. The number of ether oxygens (including phenoxy) is 1. The number of sulfonamides is 1. The van der Waals surface area contributed by atoms with E-state index in [2.05, 4.69) is 25.1 Å². The molecule has 0 aliphatic rings. The van der Waals surface area contributed by atoms with Crippen molar-refractivity contribution in [3.05, 3.63) is 69.3 Å². The molecule has 0 heterocycles. The van der Waals surface area contributed by atoms with Crippen molar-refractivity contribution in [3.8, 4) is 5.75 Å². The molecule has 0 saturated heterocycles. The van der Waals surface area contributed by atoms with E-state index in [9.17, 15) is 31.1 Å². The summed E-state index contributed by atoms with van der Waals surface area (Å²) >= 11 is 2.93. The van der Waals surface area contributed by atoms with Crippen molar-refractivity contribution in [1.29, 1.82) is 0 Å². The Morgan fingerprint density at radius 2 is 1.75 bits per heavy atom. The first-order valence-electron chi connectivity index (χ1n) is 6.96. The second-order valence-corrected chi connectivity index (χ2v) is 7.29. The number of nitrogens with zero attached hydrogens (tertiary/aromatic N) is 1. The average Bonchev–Trinajstić information content (AvgIpc) is 2.52. The normalized spacial score (nSPS) is 12.7. The Kier molecular flexibility index (Phi) is 8.69. The molecule has 0 saturated carbocycles. The van der Waals surface area contributed by atoms with Crippen molar-refractivity contribution in [2.45, 2.75) is 6.36 Å². The van der Waals surface area contributed by atoms with Crippen LogP contribution in [0, 0.1) is 5.82 Å². The Morgan fingerprint density at radius 1 is 1.14 bits per heavy atom. The summed E-state index contributed by atoms with van der Waals surface area (Å²) in [6, 6.07) is 7.40. The van der Waals surface area contributed by atoms with Crippen LogP contribution in [0.4, 0.5) is 17.6 Å². The quantitative estimate of drug-likeness (QED) is 0.266. The van der Waals surface area contributed by atoms with Crippen LogP contribution in [-0.2, 0) is 10.0 Å². The Balaban J connectivity index is 0.00000392. The molecule has 0 aromatic heterocycles. The molecule has 2 rings (SSSR count). The van der Waals surface area contributed by atoms with Gasteiger partial charge in [0.25, 0.3) is 10.0 Å². The van der Waals surface area contributed by atoms with Crippen molar-refractivity contribution in [1.82, 2.24) is 0 Å². The van der Waals surface area contributed by atoms with Gasteiger partial charge >= 0.3 is 35.9 Å². The molecule has 0 atom stereocenters. The summed E-state index contributed by atoms with van der Waals surface area (Å²) in [5.74, 6) is -2.21. The Labute approximate surface area is 188 Å². The van der Waals surface area contributed by atoms with Gasteiger partial charge in [-0.3, -0.25) is 0 Å². The summed E-state index contributed by atoms with van der Waals surface area (Å²) in [5.41, 5.74) is 0.0840. The third-order valence-corrected chi connectivity index (χ3v) is 4.47. The van der Waals surface area contributed by atoms with E-state index in [0.29, 0.717) is 5.41 Å². The van der Waals surface area contributed by atoms with Crippen LogP contribution in [0.25, 0.3) is 6.08 Å². The average molecular weight is 490 g/mol. The van der Waals surface area contributed by atoms with Crippen LogP contribution in [-0.4, -0.2) is 20.7 Å². The molecule has 0 spiro atoms. The first kappa shape index (κ1) is 24.6. The van der Waals surface area contributed by atoms with Crippen LogP contribution >= 0.6 is 15.9 Å². The molecule has 2 aromatic rings. The number of hydrogen-bond acceptors (Lipinski definition) is 4. The van der Waals surface area contributed by atoms with E-state index < -0.39 is 33.9 Å². The molecule has 12 heteroatoms. The largest absolute Gasteiger partial charge is 1.00 e.